The second kappa shape index (κ2) is 11.5. The molecule has 0 fully saturated rings. The van der Waals surface area contributed by atoms with Crippen molar-refractivity contribution in [1.29, 1.82) is 0 Å². The molecular weight excluding hydrogens is 460 g/mol. The zero-order valence-electron chi connectivity index (χ0n) is 22.2. The molecule has 3 aromatic carbocycles. The maximum absolute atomic E-state index is 13.3. The van der Waals surface area contributed by atoms with Gasteiger partial charge in [-0.3, -0.25) is 9.59 Å². The number of carbonyl (C=O) groups excluding carboxylic acids is 2. The molecule has 0 aliphatic carbocycles. The van der Waals surface area contributed by atoms with Gasteiger partial charge in [0.25, 0.3) is 5.91 Å². The van der Waals surface area contributed by atoms with Crippen LogP contribution in [0.4, 0.5) is 5.69 Å². The van der Waals surface area contributed by atoms with Gasteiger partial charge in [0.1, 0.15) is 5.75 Å². The van der Waals surface area contributed by atoms with Crippen LogP contribution in [0.3, 0.4) is 0 Å². The van der Waals surface area contributed by atoms with Gasteiger partial charge in [0, 0.05) is 39.7 Å². The monoisotopic (exact) mass is 496 g/mol. The topological polar surface area (TPSA) is 67.4 Å². The highest BCUT2D eigenvalue weighted by atomic mass is 16.5. The van der Waals surface area contributed by atoms with Gasteiger partial charge in [-0.15, -0.1) is 0 Å². The number of ether oxygens (including phenoxy) is 1. The van der Waals surface area contributed by atoms with Crippen LogP contribution in [0.5, 0.6) is 5.75 Å². The molecule has 0 aromatic heterocycles. The fourth-order valence-electron chi connectivity index (χ4n) is 4.72. The van der Waals surface area contributed by atoms with E-state index in [0.29, 0.717) is 16.8 Å². The highest BCUT2D eigenvalue weighted by Crippen LogP contribution is 2.32. The van der Waals surface area contributed by atoms with E-state index in [1.165, 1.54) is 24.0 Å². The van der Waals surface area contributed by atoms with Crippen molar-refractivity contribution in [2.75, 3.05) is 12.4 Å². The van der Waals surface area contributed by atoms with E-state index < -0.39 is 0 Å². The lowest BCUT2D eigenvalue weighted by atomic mass is 9.85. The molecule has 5 nitrogen and oxygen atoms in total. The van der Waals surface area contributed by atoms with Gasteiger partial charge in [-0.05, 0) is 80.6 Å². The lowest BCUT2D eigenvalue weighted by Crippen LogP contribution is -2.43. The molecule has 1 heterocycles. The molecule has 0 unspecified atom stereocenters. The van der Waals surface area contributed by atoms with Crippen molar-refractivity contribution in [3.8, 4) is 5.75 Å². The first-order valence-corrected chi connectivity index (χ1v) is 13.0. The Morgan fingerprint density at radius 2 is 1.78 bits per heavy atom. The fourth-order valence-corrected chi connectivity index (χ4v) is 4.72. The summed E-state index contributed by atoms with van der Waals surface area (Å²) in [6, 6.07) is 20.8. The second-order valence-corrected chi connectivity index (χ2v) is 10.3. The largest absolute Gasteiger partial charge is 0.497 e. The molecular formula is C32H36N2O3. The molecule has 0 radical (unpaired) electrons. The number of anilines is 1. The van der Waals surface area contributed by atoms with Gasteiger partial charge >= 0.3 is 0 Å². The van der Waals surface area contributed by atoms with Gasteiger partial charge in [0.05, 0.1) is 7.11 Å². The van der Waals surface area contributed by atoms with E-state index in [-0.39, 0.29) is 17.2 Å². The molecule has 4 rings (SSSR count). The molecule has 0 bridgehead atoms. The van der Waals surface area contributed by atoms with Crippen LogP contribution < -0.4 is 15.4 Å². The van der Waals surface area contributed by atoms with E-state index in [9.17, 15) is 9.59 Å². The summed E-state index contributed by atoms with van der Waals surface area (Å²) in [5.74, 6) is 0.415. The van der Waals surface area contributed by atoms with E-state index in [2.05, 4.69) is 37.5 Å². The molecule has 1 aliphatic rings. The summed E-state index contributed by atoms with van der Waals surface area (Å²) in [5.41, 5.74) is 5.64. The molecule has 192 valence electrons. The standard InChI is InChI=1S/C32H36N2O3/c1-5-6-7-9-22-12-14-23(15-13-22)31(36)33-26-11-8-10-24(18-26)30(35)20-29-28-19-27(37-4)17-16-25(28)21-32(2,3)34-29/h8,10-20,34H,5-7,9,21H2,1-4H3,(H,33,36). The molecule has 0 saturated heterocycles. The first-order valence-electron chi connectivity index (χ1n) is 13.0. The van der Waals surface area contributed by atoms with Crippen molar-refractivity contribution in [1.82, 2.24) is 5.32 Å². The molecule has 0 spiro atoms. The lowest BCUT2D eigenvalue weighted by molar-refractivity contribution is 0.102. The molecule has 1 amide bonds. The Morgan fingerprint density at radius 3 is 2.51 bits per heavy atom. The number of aryl methyl sites for hydroxylation is 1. The van der Waals surface area contributed by atoms with Crippen molar-refractivity contribution in [3.63, 3.8) is 0 Å². The van der Waals surface area contributed by atoms with Crippen LogP contribution in [-0.2, 0) is 12.8 Å². The predicted octanol–water partition coefficient (Wildman–Crippen LogP) is 6.83. The number of hydrogen-bond donors (Lipinski definition) is 2. The van der Waals surface area contributed by atoms with E-state index in [1.54, 1.807) is 37.5 Å². The van der Waals surface area contributed by atoms with Crippen LogP contribution in [0.1, 0.15) is 77.4 Å². The average Bonchev–Trinajstić information content (AvgIpc) is 2.88. The van der Waals surface area contributed by atoms with Gasteiger partial charge in [-0.25, -0.2) is 0 Å². The number of allylic oxidation sites excluding steroid dienone is 1. The van der Waals surface area contributed by atoms with E-state index in [0.717, 1.165) is 36.3 Å². The number of benzene rings is 3. The van der Waals surface area contributed by atoms with Crippen LogP contribution in [0, 0.1) is 0 Å². The number of unbranched alkanes of at least 4 members (excludes halogenated alkanes) is 2. The molecule has 3 aromatic rings. The summed E-state index contributed by atoms with van der Waals surface area (Å²) in [7, 11) is 1.64. The first kappa shape index (κ1) is 26.2. The quantitative estimate of drug-likeness (QED) is 0.194. The third-order valence-corrected chi connectivity index (χ3v) is 6.68. The average molecular weight is 497 g/mol. The number of methoxy groups -OCH3 is 1. The van der Waals surface area contributed by atoms with Gasteiger partial charge in [-0.2, -0.15) is 0 Å². The van der Waals surface area contributed by atoms with Gasteiger partial charge in [-0.1, -0.05) is 50.1 Å². The Morgan fingerprint density at radius 1 is 1.00 bits per heavy atom. The van der Waals surface area contributed by atoms with Crippen LogP contribution in [0.15, 0.2) is 72.8 Å². The van der Waals surface area contributed by atoms with Crippen molar-refractivity contribution >= 4 is 23.1 Å². The highest BCUT2D eigenvalue weighted by molar-refractivity contribution is 6.10. The predicted molar refractivity (Wildman–Crippen MR) is 150 cm³/mol. The van der Waals surface area contributed by atoms with E-state index in [4.69, 9.17) is 4.74 Å². The lowest BCUT2D eigenvalue weighted by Gasteiger charge is -2.35. The molecule has 0 saturated carbocycles. The van der Waals surface area contributed by atoms with E-state index >= 15 is 0 Å². The summed E-state index contributed by atoms with van der Waals surface area (Å²) < 4.78 is 5.41. The summed E-state index contributed by atoms with van der Waals surface area (Å²) in [4.78, 5) is 26.1. The summed E-state index contributed by atoms with van der Waals surface area (Å²) >= 11 is 0. The molecule has 0 atom stereocenters. The number of ketones is 1. The Balaban J connectivity index is 1.50. The minimum atomic E-state index is -0.195. The van der Waals surface area contributed by atoms with Crippen LogP contribution in [0.2, 0.25) is 0 Å². The molecule has 1 aliphatic heterocycles. The molecule has 37 heavy (non-hydrogen) atoms. The van der Waals surface area contributed by atoms with Gasteiger partial charge in [0.2, 0.25) is 0 Å². The number of carbonyl (C=O) groups is 2. The minimum Gasteiger partial charge on any atom is -0.497 e. The fraction of sp³-hybridized carbons (Fsp3) is 0.312. The van der Waals surface area contributed by atoms with Crippen LogP contribution in [-0.4, -0.2) is 24.3 Å². The summed E-state index contributed by atoms with van der Waals surface area (Å²) in [5, 5.41) is 6.43. The van der Waals surface area contributed by atoms with Crippen molar-refractivity contribution in [2.45, 2.75) is 58.4 Å². The SMILES string of the molecule is CCCCCc1ccc(C(=O)Nc2cccc(C(=O)C=C3NC(C)(C)Cc4ccc(OC)cc43)c2)cc1. The summed E-state index contributed by atoms with van der Waals surface area (Å²) in [6.45, 7) is 6.43. The second-order valence-electron chi connectivity index (χ2n) is 10.3. The maximum atomic E-state index is 13.3. The Kier molecular flexibility index (Phi) is 8.12. The van der Waals surface area contributed by atoms with Crippen LogP contribution in [0.25, 0.3) is 5.70 Å². The number of nitrogens with one attached hydrogen (secondary N) is 2. The number of rotatable bonds is 9. The minimum absolute atomic E-state index is 0.137. The van der Waals surface area contributed by atoms with Crippen molar-refractivity contribution in [3.05, 3.63) is 101 Å². The Bertz CT molecular complexity index is 1310. The summed E-state index contributed by atoms with van der Waals surface area (Å²) in [6.07, 6.45) is 7.07. The first-order chi connectivity index (χ1) is 17.8. The van der Waals surface area contributed by atoms with Crippen LogP contribution >= 0.6 is 0 Å². The number of hydrogen-bond acceptors (Lipinski definition) is 4. The maximum Gasteiger partial charge on any atom is 0.255 e. The Labute approximate surface area is 219 Å². The van der Waals surface area contributed by atoms with Gasteiger partial charge < -0.3 is 15.4 Å². The normalized spacial score (nSPS) is 15.0. The third-order valence-electron chi connectivity index (χ3n) is 6.68. The highest BCUT2D eigenvalue weighted by Gasteiger charge is 2.28. The van der Waals surface area contributed by atoms with E-state index in [1.807, 2.05) is 36.4 Å². The van der Waals surface area contributed by atoms with Crippen molar-refractivity contribution in [2.24, 2.45) is 0 Å². The zero-order valence-corrected chi connectivity index (χ0v) is 22.2. The molecule has 2 N–H and O–H groups in total. The van der Waals surface area contributed by atoms with Crippen molar-refractivity contribution < 1.29 is 14.3 Å². The Hall–Kier alpha value is -3.86. The zero-order chi connectivity index (χ0) is 26.4. The smallest absolute Gasteiger partial charge is 0.255 e. The molecule has 5 heteroatoms. The third kappa shape index (κ3) is 6.67. The van der Waals surface area contributed by atoms with Gasteiger partial charge in [0.15, 0.2) is 5.78 Å². The number of amides is 1. The number of fused-ring (bicyclic) bond motifs is 1.